The molecule has 0 amide bonds. The predicted molar refractivity (Wildman–Crippen MR) is 144 cm³/mol. The average molecular weight is 541 g/mol. The van der Waals surface area contributed by atoms with Crippen LogP contribution in [-0.2, 0) is 0 Å². The number of halogens is 2. The van der Waals surface area contributed by atoms with E-state index >= 15 is 0 Å². The van der Waals surface area contributed by atoms with E-state index in [1.165, 1.54) is 4.68 Å². The third-order valence-corrected chi connectivity index (χ3v) is 6.82. The van der Waals surface area contributed by atoms with Gasteiger partial charge in [0.05, 0.1) is 44.6 Å². The van der Waals surface area contributed by atoms with Crippen molar-refractivity contribution in [3.8, 4) is 34.1 Å². The summed E-state index contributed by atoms with van der Waals surface area (Å²) in [7, 11) is 0. The Labute approximate surface area is 228 Å². The molecule has 5 rings (SSSR count). The number of nitrogens with one attached hydrogen (secondary N) is 1. The number of piperazine rings is 1. The van der Waals surface area contributed by atoms with E-state index in [1.807, 2.05) is 36.4 Å². The largest absolute Gasteiger partial charge is 1.00 e. The van der Waals surface area contributed by atoms with Gasteiger partial charge in [0.2, 0.25) is 5.75 Å². The van der Waals surface area contributed by atoms with Crippen molar-refractivity contribution in [2.24, 2.45) is 0 Å². The Morgan fingerprint density at radius 1 is 0.973 bits per heavy atom. The summed E-state index contributed by atoms with van der Waals surface area (Å²) in [5, 5.41) is 14.6. The maximum absolute atomic E-state index is 13.6. The van der Waals surface area contributed by atoms with Gasteiger partial charge >= 0.3 is 5.56 Å². The monoisotopic (exact) mass is 540 g/mol. The zero-order chi connectivity index (χ0) is 25.1. The minimum Gasteiger partial charge on any atom is -1.00 e. The Kier molecular flexibility index (Phi) is 8.38. The summed E-state index contributed by atoms with van der Waals surface area (Å²) >= 11 is 6.04. The van der Waals surface area contributed by atoms with Gasteiger partial charge in [-0.05, 0) is 66.6 Å². The normalized spacial score (nSPS) is 13.7. The number of aromatic hydroxyl groups is 1. The fourth-order valence-electron chi connectivity index (χ4n) is 4.42. The fraction of sp³-hybridized carbons (Fsp3) is 0.214. The van der Waals surface area contributed by atoms with Crippen LogP contribution in [0.1, 0.15) is 8.35 Å². The fourth-order valence-corrected chi connectivity index (χ4v) is 4.55. The standard InChI is InChI=1S/C28H27ClN4O3.ClH.H2/c1-2-31-15-17-32(18-16-31)26-19-30-33(23-9-7-22(29)8-10-23)28(35)27(26)36-25-13-5-21(6-14-25)20-3-11-24(34)12-4-20;;/h3-14,19,34H,2,15-18H2,1H3;2*1H. The lowest BCUT2D eigenvalue weighted by molar-refractivity contribution is -0.898. The van der Waals surface area contributed by atoms with Crippen LogP contribution in [0, 0.1) is 0 Å². The first-order valence-electron chi connectivity index (χ1n) is 12.1. The highest BCUT2D eigenvalue weighted by Gasteiger charge is 2.25. The van der Waals surface area contributed by atoms with Crippen LogP contribution in [0.25, 0.3) is 16.8 Å². The van der Waals surface area contributed by atoms with E-state index in [0.29, 0.717) is 22.1 Å². The molecule has 0 bridgehead atoms. The Morgan fingerprint density at radius 3 is 2.16 bits per heavy atom. The molecule has 1 aliphatic heterocycles. The molecular weight excluding hydrogens is 511 g/mol. The van der Waals surface area contributed by atoms with Crippen molar-refractivity contribution >= 4 is 17.3 Å². The van der Waals surface area contributed by atoms with Gasteiger partial charge in [-0.1, -0.05) is 35.9 Å². The first kappa shape index (κ1) is 26.5. The molecule has 1 saturated heterocycles. The molecule has 0 atom stereocenters. The summed E-state index contributed by atoms with van der Waals surface area (Å²) < 4.78 is 7.60. The van der Waals surface area contributed by atoms with Crippen LogP contribution in [0.4, 0.5) is 5.69 Å². The van der Waals surface area contributed by atoms with Gasteiger partial charge in [0, 0.05) is 6.45 Å². The van der Waals surface area contributed by atoms with Gasteiger partial charge in [0.1, 0.15) is 17.2 Å². The summed E-state index contributed by atoms with van der Waals surface area (Å²) in [5.41, 5.74) is 2.94. The lowest BCUT2D eigenvalue weighted by atomic mass is 10.1. The molecule has 1 fully saturated rings. The van der Waals surface area contributed by atoms with Crippen LogP contribution in [0.15, 0.2) is 83.8 Å². The SMILES string of the molecule is CC[NH+]1CCN(c2cnn(-c3ccc(Cl)cc3)c(=O)c2Oc2ccc(-c3ccc(O)cc3)cc2)CC1.[Cl-].[HH]. The number of phenols is 1. The molecule has 7 nitrogen and oxygen atoms in total. The lowest BCUT2D eigenvalue weighted by Crippen LogP contribution is -3.14. The molecule has 0 saturated carbocycles. The number of ether oxygens (including phenoxy) is 1. The maximum atomic E-state index is 13.6. The molecule has 2 N–H and O–H groups in total. The summed E-state index contributed by atoms with van der Waals surface area (Å²) in [6.07, 6.45) is 1.72. The number of nitrogens with zero attached hydrogens (tertiary/aromatic N) is 3. The molecule has 9 heteroatoms. The number of likely N-dealkylation sites (N-methyl/N-ethyl adjacent to an activating group) is 1. The average Bonchev–Trinajstić information content (AvgIpc) is 2.91. The summed E-state index contributed by atoms with van der Waals surface area (Å²) in [4.78, 5) is 17.4. The molecule has 194 valence electrons. The van der Waals surface area contributed by atoms with Crippen molar-refractivity contribution in [1.29, 1.82) is 0 Å². The van der Waals surface area contributed by atoms with Crippen LogP contribution >= 0.6 is 11.6 Å². The highest BCUT2D eigenvalue weighted by atomic mass is 35.5. The predicted octanol–water partition coefficient (Wildman–Crippen LogP) is 1.03. The minimum atomic E-state index is -0.331. The molecule has 37 heavy (non-hydrogen) atoms. The number of anilines is 1. The van der Waals surface area contributed by atoms with Crippen LogP contribution < -0.4 is 32.5 Å². The molecule has 0 aliphatic carbocycles. The molecular formula is C28H30Cl2N4O3. The molecule has 0 spiro atoms. The third kappa shape index (κ3) is 5.91. The minimum absolute atomic E-state index is 0. The smallest absolute Gasteiger partial charge is 0.316 e. The Balaban J connectivity index is 0.00000200. The molecule has 0 unspecified atom stereocenters. The van der Waals surface area contributed by atoms with Gasteiger partial charge in [0.25, 0.3) is 0 Å². The highest BCUT2D eigenvalue weighted by molar-refractivity contribution is 6.30. The van der Waals surface area contributed by atoms with Crippen LogP contribution in [0.5, 0.6) is 17.2 Å². The molecule has 2 heterocycles. The first-order chi connectivity index (χ1) is 17.5. The summed E-state index contributed by atoms with van der Waals surface area (Å²) in [5.74, 6) is 1.03. The van der Waals surface area contributed by atoms with E-state index in [1.54, 1.807) is 47.5 Å². The molecule has 3 aromatic carbocycles. The van der Waals surface area contributed by atoms with Crippen molar-refractivity contribution in [1.82, 2.24) is 9.78 Å². The summed E-state index contributed by atoms with van der Waals surface area (Å²) in [6, 6.07) is 21.6. The molecule has 1 aromatic heterocycles. The second-order valence-corrected chi connectivity index (χ2v) is 9.25. The van der Waals surface area contributed by atoms with E-state index in [0.717, 1.165) is 43.9 Å². The zero-order valence-corrected chi connectivity index (χ0v) is 21.9. The number of quaternary nitrogens is 1. The Morgan fingerprint density at radius 2 is 1.57 bits per heavy atom. The van der Waals surface area contributed by atoms with Crippen molar-refractivity contribution in [3.05, 3.63) is 94.4 Å². The van der Waals surface area contributed by atoms with E-state index in [4.69, 9.17) is 16.3 Å². The van der Waals surface area contributed by atoms with Gasteiger partial charge in [-0.2, -0.15) is 9.78 Å². The van der Waals surface area contributed by atoms with Crippen LogP contribution in [-0.4, -0.2) is 47.6 Å². The topological polar surface area (TPSA) is 72.0 Å². The van der Waals surface area contributed by atoms with Crippen molar-refractivity contribution < 1.29 is 28.6 Å². The number of phenolic OH excluding ortho intramolecular Hbond substituents is 1. The number of rotatable bonds is 6. The van der Waals surface area contributed by atoms with Gasteiger partial charge in [0.15, 0.2) is 0 Å². The van der Waals surface area contributed by atoms with Crippen LogP contribution in [0.3, 0.4) is 0 Å². The Hall–Kier alpha value is -3.52. The zero-order valence-electron chi connectivity index (χ0n) is 20.4. The second-order valence-electron chi connectivity index (χ2n) is 8.82. The lowest BCUT2D eigenvalue weighted by Gasteiger charge is -2.33. The van der Waals surface area contributed by atoms with Gasteiger partial charge in [-0.15, -0.1) is 0 Å². The van der Waals surface area contributed by atoms with Crippen molar-refractivity contribution in [3.63, 3.8) is 0 Å². The quantitative estimate of drug-likeness (QED) is 0.382. The van der Waals surface area contributed by atoms with E-state index in [2.05, 4.69) is 16.9 Å². The third-order valence-electron chi connectivity index (χ3n) is 6.57. The Bertz CT molecular complexity index is 1390. The van der Waals surface area contributed by atoms with Gasteiger partial charge in [-0.3, -0.25) is 4.79 Å². The van der Waals surface area contributed by atoms with Crippen LogP contribution in [0.2, 0.25) is 5.02 Å². The molecule has 0 radical (unpaired) electrons. The molecule has 4 aromatic rings. The second kappa shape index (κ2) is 11.7. The van der Waals surface area contributed by atoms with E-state index < -0.39 is 0 Å². The highest BCUT2D eigenvalue weighted by Crippen LogP contribution is 2.31. The number of hydrogen-bond donors (Lipinski definition) is 2. The maximum Gasteiger partial charge on any atom is 0.316 e. The number of aromatic nitrogens is 2. The molecule has 1 aliphatic rings. The number of hydrogen-bond acceptors (Lipinski definition) is 5. The number of benzene rings is 3. The first-order valence-corrected chi connectivity index (χ1v) is 12.4. The van der Waals surface area contributed by atoms with Crippen molar-refractivity contribution in [2.75, 3.05) is 37.6 Å². The van der Waals surface area contributed by atoms with Crippen molar-refractivity contribution in [2.45, 2.75) is 6.92 Å². The van der Waals surface area contributed by atoms with E-state index in [9.17, 15) is 9.90 Å². The van der Waals surface area contributed by atoms with E-state index in [-0.39, 0.29) is 30.9 Å². The van der Waals surface area contributed by atoms with Gasteiger partial charge < -0.3 is 32.1 Å². The van der Waals surface area contributed by atoms with Gasteiger partial charge in [-0.25, -0.2) is 0 Å². The summed E-state index contributed by atoms with van der Waals surface area (Å²) in [6.45, 7) is 6.92.